The smallest absolute Gasteiger partial charge is 0.279 e. The second-order valence-electron chi connectivity index (χ2n) is 4.00. The summed E-state index contributed by atoms with van der Waals surface area (Å²) in [5, 5.41) is 3.28. The molecule has 6 heteroatoms. The molecule has 90 valence electrons. The van der Waals surface area contributed by atoms with E-state index in [0.29, 0.717) is 19.0 Å². The summed E-state index contributed by atoms with van der Waals surface area (Å²) < 4.78 is 27.1. The lowest BCUT2D eigenvalue weighted by Crippen LogP contribution is -2.43. The molecule has 0 saturated carbocycles. The van der Waals surface area contributed by atoms with E-state index in [9.17, 15) is 8.42 Å². The molecule has 1 rings (SSSR count). The maximum absolute atomic E-state index is 11.6. The second kappa shape index (κ2) is 5.79. The zero-order valence-electron chi connectivity index (χ0n) is 9.49. The first-order valence-electron chi connectivity index (χ1n) is 5.48. The van der Waals surface area contributed by atoms with E-state index in [0.717, 1.165) is 25.9 Å². The predicted octanol–water partition coefficient (Wildman–Crippen LogP) is -0.228. The molecule has 1 heterocycles. The van der Waals surface area contributed by atoms with Crippen LogP contribution in [0, 0.1) is 5.92 Å². The van der Waals surface area contributed by atoms with Gasteiger partial charge in [-0.15, -0.1) is 0 Å². The molecule has 0 aliphatic carbocycles. The molecule has 2 N–H and O–H groups in total. The summed E-state index contributed by atoms with van der Waals surface area (Å²) in [6.45, 7) is 4.80. The third-order valence-electron chi connectivity index (χ3n) is 2.65. The van der Waals surface area contributed by atoms with Crippen LogP contribution in [0.3, 0.4) is 0 Å². The van der Waals surface area contributed by atoms with Gasteiger partial charge >= 0.3 is 0 Å². The zero-order valence-corrected chi connectivity index (χ0v) is 10.3. The number of nitrogens with one attached hydrogen (secondary N) is 2. The molecular weight excluding hydrogens is 214 g/mol. The molecule has 5 nitrogen and oxygen atoms in total. The molecular formula is C9H21N3O2S. The number of nitrogens with zero attached hydrogens (tertiary/aromatic N) is 1. The van der Waals surface area contributed by atoms with Gasteiger partial charge in [0, 0.05) is 20.1 Å². The van der Waals surface area contributed by atoms with Crippen LogP contribution >= 0.6 is 0 Å². The van der Waals surface area contributed by atoms with Crippen molar-refractivity contribution in [2.24, 2.45) is 5.92 Å². The molecule has 0 spiro atoms. The van der Waals surface area contributed by atoms with E-state index in [1.54, 1.807) is 14.0 Å². The molecule has 1 atom stereocenters. The molecule has 1 unspecified atom stereocenters. The highest BCUT2D eigenvalue weighted by atomic mass is 32.2. The molecule has 15 heavy (non-hydrogen) atoms. The zero-order chi connectivity index (χ0) is 11.3. The van der Waals surface area contributed by atoms with Crippen molar-refractivity contribution in [3.63, 3.8) is 0 Å². The van der Waals surface area contributed by atoms with Crippen LogP contribution in [0.5, 0.6) is 0 Å². The highest BCUT2D eigenvalue weighted by Gasteiger charge is 2.21. The third-order valence-corrected chi connectivity index (χ3v) is 4.27. The minimum Gasteiger partial charge on any atom is -0.316 e. The van der Waals surface area contributed by atoms with Crippen LogP contribution in [-0.4, -0.2) is 45.9 Å². The van der Waals surface area contributed by atoms with Crippen molar-refractivity contribution in [3.8, 4) is 0 Å². The van der Waals surface area contributed by atoms with Crippen molar-refractivity contribution in [2.45, 2.75) is 19.8 Å². The molecule has 1 saturated heterocycles. The van der Waals surface area contributed by atoms with E-state index in [4.69, 9.17) is 0 Å². The number of rotatable bonds is 5. The summed E-state index contributed by atoms with van der Waals surface area (Å²) in [5.41, 5.74) is 0. The average molecular weight is 235 g/mol. The standard InChI is InChI=1S/C9H21N3O2S/c1-3-11-15(13,14)12(2)8-9-5-4-6-10-7-9/h9-11H,3-8H2,1-2H3. The second-order valence-corrected chi connectivity index (χ2v) is 5.86. The largest absolute Gasteiger partial charge is 0.316 e. The molecule has 1 fully saturated rings. The number of piperidine rings is 1. The van der Waals surface area contributed by atoms with E-state index in [-0.39, 0.29) is 0 Å². The van der Waals surface area contributed by atoms with Gasteiger partial charge in [0.1, 0.15) is 0 Å². The molecule has 0 aromatic rings. The highest BCUT2D eigenvalue weighted by molar-refractivity contribution is 7.87. The minimum absolute atomic E-state index is 0.440. The molecule has 0 radical (unpaired) electrons. The van der Waals surface area contributed by atoms with Gasteiger partial charge in [0.2, 0.25) is 0 Å². The summed E-state index contributed by atoms with van der Waals surface area (Å²) in [6, 6.07) is 0. The topological polar surface area (TPSA) is 61.4 Å². The van der Waals surface area contributed by atoms with Crippen molar-refractivity contribution in [3.05, 3.63) is 0 Å². The quantitative estimate of drug-likeness (QED) is 0.692. The van der Waals surface area contributed by atoms with Crippen LogP contribution in [0.1, 0.15) is 19.8 Å². The van der Waals surface area contributed by atoms with Crippen LogP contribution in [0.2, 0.25) is 0 Å². The van der Waals surface area contributed by atoms with Crippen LogP contribution in [-0.2, 0) is 10.2 Å². The fourth-order valence-electron chi connectivity index (χ4n) is 1.83. The van der Waals surface area contributed by atoms with Crippen molar-refractivity contribution in [1.82, 2.24) is 14.3 Å². The van der Waals surface area contributed by atoms with Crippen molar-refractivity contribution in [2.75, 3.05) is 33.2 Å². The van der Waals surface area contributed by atoms with E-state index >= 15 is 0 Å². The first-order chi connectivity index (χ1) is 7.06. The van der Waals surface area contributed by atoms with Gasteiger partial charge in [0.05, 0.1) is 0 Å². The molecule has 0 aromatic carbocycles. The summed E-state index contributed by atoms with van der Waals surface area (Å²) in [5.74, 6) is 0.442. The fraction of sp³-hybridized carbons (Fsp3) is 1.00. The Balaban J connectivity index is 2.43. The normalized spacial score (nSPS) is 23.3. The summed E-state index contributed by atoms with van der Waals surface area (Å²) in [4.78, 5) is 0. The fourth-order valence-corrected chi connectivity index (χ4v) is 2.83. The van der Waals surface area contributed by atoms with E-state index < -0.39 is 10.2 Å². The Hall–Kier alpha value is -0.170. The van der Waals surface area contributed by atoms with Gasteiger partial charge in [-0.05, 0) is 31.8 Å². The van der Waals surface area contributed by atoms with Crippen molar-refractivity contribution in [1.29, 1.82) is 0 Å². The Labute approximate surface area is 92.4 Å². The van der Waals surface area contributed by atoms with Gasteiger partial charge in [0.25, 0.3) is 10.2 Å². The van der Waals surface area contributed by atoms with Gasteiger partial charge in [-0.1, -0.05) is 6.92 Å². The maximum Gasteiger partial charge on any atom is 0.279 e. The van der Waals surface area contributed by atoms with E-state index in [1.807, 2.05) is 0 Å². The molecule has 1 aliphatic heterocycles. The number of hydrogen-bond acceptors (Lipinski definition) is 3. The molecule has 0 amide bonds. The van der Waals surface area contributed by atoms with Gasteiger partial charge in [-0.2, -0.15) is 12.7 Å². The van der Waals surface area contributed by atoms with Gasteiger partial charge in [-0.25, -0.2) is 4.72 Å². The first kappa shape index (κ1) is 12.9. The predicted molar refractivity (Wildman–Crippen MR) is 60.8 cm³/mol. The Morgan fingerprint density at radius 3 is 2.80 bits per heavy atom. The Kier molecular flexibility index (Phi) is 4.98. The van der Waals surface area contributed by atoms with Gasteiger partial charge in [-0.3, -0.25) is 0 Å². The Morgan fingerprint density at radius 1 is 1.53 bits per heavy atom. The SMILES string of the molecule is CCNS(=O)(=O)N(C)CC1CCCNC1. The van der Waals surface area contributed by atoms with Crippen LogP contribution in [0.15, 0.2) is 0 Å². The average Bonchev–Trinajstić information content (AvgIpc) is 2.19. The Bertz CT molecular complexity index is 273. The lowest BCUT2D eigenvalue weighted by molar-refractivity contribution is 0.313. The Morgan fingerprint density at radius 2 is 2.27 bits per heavy atom. The summed E-state index contributed by atoms with van der Waals surface area (Å²) in [6.07, 6.45) is 2.25. The summed E-state index contributed by atoms with van der Waals surface area (Å²) >= 11 is 0. The number of hydrogen-bond donors (Lipinski definition) is 2. The third kappa shape index (κ3) is 4.06. The molecule has 1 aliphatic rings. The molecule has 0 bridgehead atoms. The van der Waals surface area contributed by atoms with Crippen molar-refractivity contribution >= 4 is 10.2 Å². The lowest BCUT2D eigenvalue weighted by Gasteiger charge is -2.27. The van der Waals surface area contributed by atoms with Crippen molar-refractivity contribution < 1.29 is 8.42 Å². The highest BCUT2D eigenvalue weighted by Crippen LogP contribution is 2.12. The first-order valence-corrected chi connectivity index (χ1v) is 6.92. The van der Waals surface area contributed by atoms with Gasteiger partial charge < -0.3 is 5.32 Å². The summed E-state index contributed by atoms with van der Waals surface area (Å²) in [7, 11) is -1.62. The monoisotopic (exact) mass is 235 g/mol. The van der Waals surface area contributed by atoms with E-state index in [1.165, 1.54) is 4.31 Å². The van der Waals surface area contributed by atoms with Gasteiger partial charge in [0.15, 0.2) is 0 Å². The molecule has 0 aromatic heterocycles. The van der Waals surface area contributed by atoms with Crippen LogP contribution in [0.4, 0.5) is 0 Å². The van der Waals surface area contributed by atoms with Crippen LogP contribution < -0.4 is 10.0 Å². The van der Waals surface area contributed by atoms with E-state index in [2.05, 4.69) is 10.0 Å². The maximum atomic E-state index is 11.6. The lowest BCUT2D eigenvalue weighted by atomic mass is 10.00. The minimum atomic E-state index is -3.25. The van der Waals surface area contributed by atoms with Crippen LogP contribution in [0.25, 0.3) is 0 Å².